The van der Waals surface area contributed by atoms with E-state index in [1.165, 1.54) is 22.2 Å². The number of thiophene rings is 1. The van der Waals surface area contributed by atoms with E-state index in [2.05, 4.69) is 10.3 Å². The predicted molar refractivity (Wildman–Crippen MR) is 120 cm³/mol. The summed E-state index contributed by atoms with van der Waals surface area (Å²) in [4.78, 5) is 30.8. The fourth-order valence-electron chi connectivity index (χ4n) is 3.29. The summed E-state index contributed by atoms with van der Waals surface area (Å²) in [6, 6.07) is 13.5. The first kappa shape index (κ1) is 19.8. The maximum atomic E-state index is 13.1. The summed E-state index contributed by atoms with van der Waals surface area (Å²) in [7, 11) is 1.55. The highest BCUT2D eigenvalue weighted by Crippen LogP contribution is 2.30. The molecule has 0 aliphatic carbocycles. The molecule has 0 radical (unpaired) electrons. The summed E-state index contributed by atoms with van der Waals surface area (Å²) < 4.78 is 6.64. The molecule has 2 aromatic carbocycles. The van der Waals surface area contributed by atoms with Gasteiger partial charge in [0.05, 0.1) is 24.5 Å². The van der Waals surface area contributed by atoms with Crippen LogP contribution in [0.25, 0.3) is 21.3 Å². The second-order valence-electron chi connectivity index (χ2n) is 7.13. The maximum Gasteiger partial charge on any atom is 0.263 e. The first-order chi connectivity index (χ1) is 14.5. The van der Waals surface area contributed by atoms with Crippen molar-refractivity contribution < 1.29 is 9.53 Å². The number of benzene rings is 2. The molecule has 2 heterocycles. The number of carbonyl (C=O) groups excluding carboxylic acids is 1. The zero-order valence-corrected chi connectivity index (χ0v) is 17.7. The minimum atomic E-state index is -0.325. The van der Waals surface area contributed by atoms with Gasteiger partial charge in [0.25, 0.3) is 5.56 Å². The number of amides is 1. The molecule has 0 saturated carbocycles. The third kappa shape index (κ3) is 3.84. The minimum Gasteiger partial charge on any atom is -0.495 e. The van der Waals surface area contributed by atoms with Gasteiger partial charge in [-0.15, -0.1) is 11.3 Å². The summed E-state index contributed by atoms with van der Waals surface area (Å²) in [6.45, 7) is 3.81. The van der Waals surface area contributed by atoms with Crippen LogP contribution in [0.3, 0.4) is 0 Å². The van der Waals surface area contributed by atoms with Gasteiger partial charge >= 0.3 is 0 Å². The van der Waals surface area contributed by atoms with Gasteiger partial charge < -0.3 is 10.1 Å². The number of hydrogen-bond donors (Lipinski definition) is 1. The van der Waals surface area contributed by atoms with Crippen LogP contribution in [-0.2, 0) is 11.3 Å². The number of ether oxygens (including phenoxy) is 1. The highest BCUT2D eigenvalue weighted by Gasteiger charge is 2.15. The lowest BCUT2D eigenvalue weighted by Crippen LogP contribution is -2.28. The molecule has 4 aromatic rings. The number of carbonyl (C=O) groups is 1. The molecule has 1 amide bonds. The molecule has 0 aliphatic rings. The van der Waals surface area contributed by atoms with Gasteiger partial charge in [-0.25, -0.2) is 4.98 Å². The number of aryl methyl sites for hydroxylation is 2. The van der Waals surface area contributed by atoms with Gasteiger partial charge in [-0.3, -0.25) is 14.2 Å². The Balaban J connectivity index is 1.65. The number of rotatable bonds is 5. The molecule has 0 fully saturated rings. The molecule has 4 rings (SSSR count). The molecule has 0 spiro atoms. The molecule has 2 aromatic heterocycles. The van der Waals surface area contributed by atoms with E-state index in [0.717, 1.165) is 22.3 Å². The molecule has 7 heteroatoms. The number of methoxy groups -OCH3 is 1. The van der Waals surface area contributed by atoms with Gasteiger partial charge in [-0.2, -0.15) is 0 Å². The number of fused-ring (bicyclic) bond motifs is 1. The quantitative estimate of drug-likeness (QED) is 0.521. The SMILES string of the molecule is COc1ccc(C)cc1NC(=O)Cn1cnc2scc(-c3ccc(C)cc3)c2c1=O. The third-order valence-corrected chi connectivity index (χ3v) is 5.75. The molecule has 0 aliphatic heterocycles. The van der Waals surface area contributed by atoms with E-state index in [9.17, 15) is 9.59 Å². The maximum absolute atomic E-state index is 13.1. The summed E-state index contributed by atoms with van der Waals surface area (Å²) >= 11 is 1.42. The van der Waals surface area contributed by atoms with Crippen LogP contribution < -0.4 is 15.6 Å². The van der Waals surface area contributed by atoms with E-state index in [1.54, 1.807) is 13.2 Å². The molecule has 6 nitrogen and oxygen atoms in total. The number of nitrogens with one attached hydrogen (secondary N) is 1. The average Bonchev–Trinajstić information content (AvgIpc) is 3.16. The van der Waals surface area contributed by atoms with Crippen LogP contribution in [0.2, 0.25) is 0 Å². The molecular formula is C23H21N3O3S. The van der Waals surface area contributed by atoms with E-state index in [4.69, 9.17) is 4.74 Å². The Morgan fingerprint density at radius 3 is 2.60 bits per heavy atom. The van der Waals surface area contributed by atoms with Crippen LogP contribution in [0.5, 0.6) is 5.75 Å². The van der Waals surface area contributed by atoms with Crippen LogP contribution in [0, 0.1) is 13.8 Å². The Morgan fingerprint density at radius 2 is 1.87 bits per heavy atom. The van der Waals surface area contributed by atoms with Crippen molar-refractivity contribution in [2.45, 2.75) is 20.4 Å². The van der Waals surface area contributed by atoms with E-state index in [-0.39, 0.29) is 18.0 Å². The van der Waals surface area contributed by atoms with Gasteiger partial charge in [0.15, 0.2) is 0 Å². The Bertz CT molecular complexity index is 1290. The monoisotopic (exact) mass is 419 g/mol. The first-order valence-electron chi connectivity index (χ1n) is 9.44. The molecular weight excluding hydrogens is 398 g/mol. The average molecular weight is 420 g/mol. The summed E-state index contributed by atoms with van der Waals surface area (Å²) in [5.41, 5.74) is 4.27. The fourth-order valence-corrected chi connectivity index (χ4v) is 4.20. The van der Waals surface area contributed by atoms with Gasteiger partial charge in [-0.1, -0.05) is 35.9 Å². The van der Waals surface area contributed by atoms with E-state index in [1.807, 2.05) is 55.6 Å². The van der Waals surface area contributed by atoms with E-state index < -0.39 is 0 Å². The normalized spacial score (nSPS) is 10.9. The molecule has 0 atom stereocenters. The van der Waals surface area contributed by atoms with Gasteiger partial charge in [0.1, 0.15) is 17.1 Å². The lowest BCUT2D eigenvalue weighted by molar-refractivity contribution is -0.116. The lowest BCUT2D eigenvalue weighted by Gasteiger charge is -2.12. The second-order valence-corrected chi connectivity index (χ2v) is 7.98. The van der Waals surface area contributed by atoms with Crippen LogP contribution in [0.15, 0.2) is 59.0 Å². The van der Waals surface area contributed by atoms with Crippen molar-refractivity contribution >= 4 is 33.1 Å². The van der Waals surface area contributed by atoms with Crippen LogP contribution in [0.1, 0.15) is 11.1 Å². The molecule has 0 saturated heterocycles. The largest absolute Gasteiger partial charge is 0.495 e. The molecule has 30 heavy (non-hydrogen) atoms. The fraction of sp³-hybridized carbons (Fsp3) is 0.174. The van der Waals surface area contributed by atoms with Crippen molar-refractivity contribution in [2.24, 2.45) is 0 Å². The molecule has 0 bridgehead atoms. The molecule has 0 unspecified atom stereocenters. The van der Waals surface area contributed by atoms with Crippen molar-refractivity contribution in [3.05, 3.63) is 75.7 Å². The number of anilines is 1. The van der Waals surface area contributed by atoms with E-state index >= 15 is 0 Å². The molecule has 152 valence electrons. The second kappa shape index (κ2) is 8.12. The lowest BCUT2D eigenvalue weighted by atomic mass is 10.1. The van der Waals surface area contributed by atoms with Gasteiger partial charge in [-0.05, 0) is 37.1 Å². The van der Waals surface area contributed by atoms with Crippen LogP contribution in [-0.4, -0.2) is 22.6 Å². The topological polar surface area (TPSA) is 73.2 Å². The number of hydrogen-bond acceptors (Lipinski definition) is 5. The number of aromatic nitrogens is 2. The highest BCUT2D eigenvalue weighted by atomic mass is 32.1. The summed E-state index contributed by atoms with van der Waals surface area (Å²) in [5.74, 6) is 0.239. The Morgan fingerprint density at radius 1 is 1.13 bits per heavy atom. The van der Waals surface area contributed by atoms with Crippen molar-refractivity contribution in [2.75, 3.05) is 12.4 Å². The van der Waals surface area contributed by atoms with Crippen molar-refractivity contribution in [3.8, 4) is 16.9 Å². The smallest absolute Gasteiger partial charge is 0.263 e. The van der Waals surface area contributed by atoms with Crippen molar-refractivity contribution in [1.29, 1.82) is 0 Å². The molecule has 1 N–H and O–H groups in total. The Hall–Kier alpha value is -3.45. The summed E-state index contributed by atoms with van der Waals surface area (Å²) in [6.07, 6.45) is 1.42. The standard InChI is InChI=1S/C23H21N3O3S/c1-14-4-7-16(8-5-14)17-12-30-22-21(17)23(28)26(13-24-22)11-20(27)25-18-10-15(2)6-9-19(18)29-3/h4-10,12-13H,11H2,1-3H3,(H,25,27). The van der Waals surface area contributed by atoms with Crippen LogP contribution >= 0.6 is 11.3 Å². The Labute approximate surface area is 177 Å². The number of nitrogens with zero attached hydrogens (tertiary/aromatic N) is 2. The van der Waals surface area contributed by atoms with E-state index in [0.29, 0.717) is 21.7 Å². The third-order valence-electron chi connectivity index (χ3n) is 4.87. The highest BCUT2D eigenvalue weighted by molar-refractivity contribution is 7.17. The Kier molecular flexibility index (Phi) is 5.37. The van der Waals surface area contributed by atoms with Crippen molar-refractivity contribution in [3.63, 3.8) is 0 Å². The van der Waals surface area contributed by atoms with Crippen LogP contribution in [0.4, 0.5) is 5.69 Å². The predicted octanol–water partition coefficient (Wildman–Crippen LogP) is 4.39. The first-order valence-corrected chi connectivity index (χ1v) is 10.3. The van der Waals surface area contributed by atoms with Crippen molar-refractivity contribution in [1.82, 2.24) is 9.55 Å². The zero-order valence-electron chi connectivity index (χ0n) is 16.9. The zero-order chi connectivity index (χ0) is 21.3. The summed E-state index contributed by atoms with van der Waals surface area (Å²) in [5, 5.41) is 5.29. The van der Waals surface area contributed by atoms with Gasteiger partial charge in [0.2, 0.25) is 5.91 Å². The minimum absolute atomic E-state index is 0.137. The van der Waals surface area contributed by atoms with Gasteiger partial charge in [0, 0.05) is 10.9 Å².